The maximum atomic E-state index is 9.78. The molecular weight excluding hydrogens is 180 g/mol. The van der Waals surface area contributed by atoms with Crippen molar-refractivity contribution in [2.75, 3.05) is 0 Å². The second-order valence-electron chi connectivity index (χ2n) is 4.30. The molecule has 1 fully saturated rings. The molecule has 0 spiro atoms. The van der Waals surface area contributed by atoms with E-state index in [9.17, 15) is 10.2 Å². The van der Waals surface area contributed by atoms with Gasteiger partial charge in [-0.1, -0.05) is 26.7 Å². The Balaban J connectivity index is 2.50. The minimum Gasteiger partial charge on any atom is -0.390 e. The average molecular weight is 202 g/mol. The van der Waals surface area contributed by atoms with Crippen molar-refractivity contribution in [2.24, 2.45) is 11.8 Å². The molecule has 0 aliphatic carbocycles. The maximum absolute atomic E-state index is 9.78. The van der Waals surface area contributed by atoms with Crippen LogP contribution in [-0.2, 0) is 4.74 Å². The van der Waals surface area contributed by atoms with Crippen LogP contribution in [-0.4, -0.2) is 28.7 Å². The van der Waals surface area contributed by atoms with E-state index in [-0.39, 0.29) is 12.0 Å². The van der Waals surface area contributed by atoms with Crippen molar-refractivity contribution >= 4 is 0 Å². The van der Waals surface area contributed by atoms with Gasteiger partial charge in [0.2, 0.25) is 0 Å². The standard InChI is InChI=1S/C11H22O3/c1-4-8(5-2)6-9-10(12)7(3)14-11(9)13/h7-13H,4-6H2,1-3H3. The van der Waals surface area contributed by atoms with Gasteiger partial charge in [-0.15, -0.1) is 0 Å². The first-order chi connectivity index (χ1) is 6.60. The van der Waals surface area contributed by atoms with E-state index in [1.807, 2.05) is 0 Å². The average Bonchev–Trinajstić information content (AvgIpc) is 2.40. The highest BCUT2D eigenvalue weighted by atomic mass is 16.6. The van der Waals surface area contributed by atoms with Crippen molar-refractivity contribution < 1.29 is 14.9 Å². The summed E-state index contributed by atoms with van der Waals surface area (Å²) in [5.74, 6) is 0.480. The summed E-state index contributed by atoms with van der Waals surface area (Å²) in [7, 11) is 0. The van der Waals surface area contributed by atoms with Gasteiger partial charge in [0.05, 0.1) is 12.2 Å². The molecule has 1 saturated heterocycles. The van der Waals surface area contributed by atoms with E-state index in [1.165, 1.54) is 0 Å². The minimum absolute atomic E-state index is 0.102. The first kappa shape index (κ1) is 12.0. The summed E-state index contributed by atoms with van der Waals surface area (Å²) in [6.07, 6.45) is 1.54. The second-order valence-corrected chi connectivity index (χ2v) is 4.30. The number of hydrogen-bond acceptors (Lipinski definition) is 3. The maximum Gasteiger partial charge on any atom is 0.160 e. The van der Waals surface area contributed by atoms with Gasteiger partial charge in [0.1, 0.15) is 0 Å². The minimum atomic E-state index is -0.777. The number of aliphatic hydroxyl groups excluding tert-OH is 2. The Bertz CT molecular complexity index is 168. The van der Waals surface area contributed by atoms with E-state index in [1.54, 1.807) is 6.92 Å². The van der Waals surface area contributed by atoms with Crippen LogP contribution < -0.4 is 0 Å². The van der Waals surface area contributed by atoms with Gasteiger partial charge in [-0.2, -0.15) is 0 Å². The summed E-state index contributed by atoms with van der Waals surface area (Å²) in [6.45, 7) is 6.10. The van der Waals surface area contributed by atoms with Crippen LogP contribution in [0.3, 0.4) is 0 Å². The van der Waals surface area contributed by atoms with Crippen LogP contribution in [0.4, 0.5) is 0 Å². The zero-order chi connectivity index (χ0) is 10.7. The molecule has 0 amide bonds. The Morgan fingerprint density at radius 1 is 1.21 bits per heavy atom. The van der Waals surface area contributed by atoms with E-state index in [0.717, 1.165) is 19.3 Å². The largest absolute Gasteiger partial charge is 0.390 e. The third-order valence-electron chi connectivity index (χ3n) is 3.40. The molecule has 4 atom stereocenters. The Morgan fingerprint density at radius 3 is 2.14 bits per heavy atom. The Kier molecular flexibility index (Phi) is 4.35. The molecule has 84 valence electrons. The quantitative estimate of drug-likeness (QED) is 0.727. The van der Waals surface area contributed by atoms with E-state index in [2.05, 4.69) is 13.8 Å². The number of aliphatic hydroxyl groups is 2. The van der Waals surface area contributed by atoms with Gasteiger partial charge in [0.25, 0.3) is 0 Å². The normalized spacial score (nSPS) is 38.1. The van der Waals surface area contributed by atoms with E-state index < -0.39 is 12.4 Å². The monoisotopic (exact) mass is 202 g/mol. The highest BCUT2D eigenvalue weighted by molar-refractivity contribution is 4.84. The smallest absolute Gasteiger partial charge is 0.160 e. The van der Waals surface area contributed by atoms with Gasteiger partial charge in [0, 0.05) is 5.92 Å². The summed E-state index contributed by atoms with van der Waals surface area (Å²) in [4.78, 5) is 0. The zero-order valence-corrected chi connectivity index (χ0v) is 9.31. The molecule has 0 bridgehead atoms. The third kappa shape index (κ3) is 2.47. The molecule has 0 aromatic heterocycles. The van der Waals surface area contributed by atoms with Gasteiger partial charge in [-0.3, -0.25) is 0 Å². The van der Waals surface area contributed by atoms with Gasteiger partial charge >= 0.3 is 0 Å². The van der Waals surface area contributed by atoms with Crippen molar-refractivity contribution in [3.8, 4) is 0 Å². The molecule has 1 aliphatic heterocycles. The summed E-state index contributed by atoms with van der Waals surface area (Å²) in [5, 5.41) is 19.4. The predicted molar refractivity (Wildman–Crippen MR) is 54.7 cm³/mol. The molecule has 2 N–H and O–H groups in total. The molecule has 0 saturated carbocycles. The molecule has 14 heavy (non-hydrogen) atoms. The number of rotatable bonds is 4. The van der Waals surface area contributed by atoms with Crippen LogP contribution in [0.2, 0.25) is 0 Å². The van der Waals surface area contributed by atoms with Gasteiger partial charge in [-0.25, -0.2) is 0 Å². The first-order valence-electron chi connectivity index (χ1n) is 5.61. The van der Waals surface area contributed by atoms with Crippen molar-refractivity contribution in [1.29, 1.82) is 0 Å². The molecule has 4 unspecified atom stereocenters. The van der Waals surface area contributed by atoms with E-state index >= 15 is 0 Å². The molecule has 0 radical (unpaired) electrons. The molecule has 3 heteroatoms. The van der Waals surface area contributed by atoms with Crippen molar-refractivity contribution in [3.05, 3.63) is 0 Å². The number of hydrogen-bond donors (Lipinski definition) is 2. The zero-order valence-electron chi connectivity index (χ0n) is 9.31. The number of ether oxygens (including phenoxy) is 1. The topological polar surface area (TPSA) is 49.7 Å². The van der Waals surface area contributed by atoms with Gasteiger partial charge < -0.3 is 14.9 Å². The fourth-order valence-corrected chi connectivity index (χ4v) is 2.18. The lowest BCUT2D eigenvalue weighted by Gasteiger charge is -2.21. The molecular formula is C11H22O3. The summed E-state index contributed by atoms with van der Waals surface area (Å²) in [6, 6.07) is 0. The lowest BCUT2D eigenvalue weighted by molar-refractivity contribution is -0.106. The van der Waals surface area contributed by atoms with Crippen LogP contribution in [0.1, 0.15) is 40.0 Å². The van der Waals surface area contributed by atoms with Crippen LogP contribution >= 0.6 is 0 Å². The molecule has 3 nitrogen and oxygen atoms in total. The summed E-state index contributed by atoms with van der Waals surface area (Å²) in [5.41, 5.74) is 0. The lowest BCUT2D eigenvalue weighted by Crippen LogP contribution is -2.28. The van der Waals surface area contributed by atoms with Crippen molar-refractivity contribution in [3.63, 3.8) is 0 Å². The van der Waals surface area contributed by atoms with Crippen molar-refractivity contribution in [1.82, 2.24) is 0 Å². The summed E-state index contributed by atoms with van der Waals surface area (Å²) < 4.78 is 5.18. The fraction of sp³-hybridized carbons (Fsp3) is 1.00. The highest BCUT2D eigenvalue weighted by Gasteiger charge is 2.40. The van der Waals surface area contributed by atoms with Crippen molar-refractivity contribution in [2.45, 2.75) is 58.5 Å². The Morgan fingerprint density at radius 2 is 1.79 bits per heavy atom. The van der Waals surface area contributed by atoms with Crippen LogP contribution in [0.15, 0.2) is 0 Å². The molecule has 1 heterocycles. The molecule has 0 aromatic rings. The van der Waals surface area contributed by atoms with Gasteiger partial charge in [0.15, 0.2) is 6.29 Å². The molecule has 1 rings (SSSR count). The van der Waals surface area contributed by atoms with Gasteiger partial charge in [-0.05, 0) is 19.3 Å². The Labute approximate surface area is 86.1 Å². The molecule has 0 aromatic carbocycles. The third-order valence-corrected chi connectivity index (χ3v) is 3.40. The molecule has 1 aliphatic rings. The fourth-order valence-electron chi connectivity index (χ4n) is 2.18. The highest BCUT2D eigenvalue weighted by Crippen LogP contribution is 2.32. The predicted octanol–water partition coefficient (Wildman–Crippen LogP) is 1.53. The van der Waals surface area contributed by atoms with Crippen LogP contribution in [0.25, 0.3) is 0 Å². The second kappa shape index (κ2) is 5.10. The first-order valence-corrected chi connectivity index (χ1v) is 5.61. The van der Waals surface area contributed by atoms with Crippen LogP contribution in [0, 0.1) is 11.8 Å². The Hall–Kier alpha value is -0.120. The SMILES string of the molecule is CCC(CC)CC1C(O)OC(C)C1O. The van der Waals surface area contributed by atoms with E-state index in [0.29, 0.717) is 5.92 Å². The lowest BCUT2D eigenvalue weighted by atomic mass is 9.87. The van der Waals surface area contributed by atoms with E-state index in [4.69, 9.17) is 4.74 Å². The van der Waals surface area contributed by atoms with Crippen LogP contribution in [0.5, 0.6) is 0 Å². The summed E-state index contributed by atoms with van der Waals surface area (Å²) >= 11 is 0.